The summed E-state index contributed by atoms with van der Waals surface area (Å²) in [6.45, 7) is 2.47. The number of benzene rings is 3. The molecule has 1 fully saturated rings. The molecule has 8 nitrogen and oxygen atoms in total. The van der Waals surface area contributed by atoms with Gasteiger partial charge in [-0.3, -0.25) is 14.5 Å². The molecular formula is C28H22N2O6. The third-order valence-electron chi connectivity index (χ3n) is 6.43. The Morgan fingerprint density at radius 1 is 1.06 bits per heavy atom. The predicted molar refractivity (Wildman–Crippen MR) is 133 cm³/mol. The van der Waals surface area contributed by atoms with Gasteiger partial charge in [-0.15, -0.1) is 0 Å². The fraction of sp³-hybridized carbons (Fsp3) is 0.143. The van der Waals surface area contributed by atoms with Crippen LogP contribution >= 0.6 is 0 Å². The summed E-state index contributed by atoms with van der Waals surface area (Å²) >= 11 is 0. The Balaban J connectivity index is 1.55. The van der Waals surface area contributed by atoms with E-state index in [9.17, 15) is 14.7 Å². The fourth-order valence-electron chi connectivity index (χ4n) is 4.78. The van der Waals surface area contributed by atoms with E-state index in [0.717, 1.165) is 10.9 Å². The molecule has 1 atom stereocenters. The van der Waals surface area contributed by atoms with Crippen molar-refractivity contribution in [3.05, 3.63) is 89.6 Å². The number of hydrogen-bond acceptors (Lipinski definition) is 6. The summed E-state index contributed by atoms with van der Waals surface area (Å²) in [5.41, 5.74) is 2.42. The van der Waals surface area contributed by atoms with Crippen LogP contribution in [0.2, 0.25) is 0 Å². The van der Waals surface area contributed by atoms with Gasteiger partial charge in [0, 0.05) is 40.0 Å². The Hall–Kier alpha value is -4.72. The van der Waals surface area contributed by atoms with E-state index in [4.69, 9.17) is 14.2 Å². The standard InChI is InChI=1S/C28H22N2O6/c1-2-34-18-10-7-16(8-11-18)26(31)24-25(20-14-29-21-6-4-3-5-19(20)21)30(28(33)27(24)32)17-9-12-22-23(13-17)36-15-35-22/h3-14,25,29,31H,2,15H2,1H3/b26-24+. The highest BCUT2D eigenvalue weighted by molar-refractivity contribution is 6.52. The number of aliphatic hydroxyl groups is 1. The van der Waals surface area contributed by atoms with Crippen molar-refractivity contribution < 1.29 is 28.9 Å². The van der Waals surface area contributed by atoms with E-state index < -0.39 is 17.7 Å². The van der Waals surface area contributed by atoms with Crippen molar-refractivity contribution in [3.63, 3.8) is 0 Å². The summed E-state index contributed by atoms with van der Waals surface area (Å²) in [5.74, 6) is -0.0733. The van der Waals surface area contributed by atoms with Crippen molar-refractivity contribution in [2.75, 3.05) is 18.3 Å². The van der Waals surface area contributed by atoms with Gasteiger partial charge in [0.05, 0.1) is 18.2 Å². The third-order valence-corrected chi connectivity index (χ3v) is 6.43. The largest absolute Gasteiger partial charge is 0.507 e. The summed E-state index contributed by atoms with van der Waals surface area (Å²) in [6.07, 6.45) is 1.77. The minimum atomic E-state index is -0.868. The number of H-pyrrole nitrogens is 1. The van der Waals surface area contributed by atoms with Crippen LogP contribution in [0.4, 0.5) is 5.69 Å². The molecule has 36 heavy (non-hydrogen) atoms. The first-order valence-electron chi connectivity index (χ1n) is 11.6. The summed E-state index contributed by atoms with van der Waals surface area (Å²) < 4.78 is 16.4. The number of nitrogens with zero attached hydrogens (tertiary/aromatic N) is 1. The van der Waals surface area contributed by atoms with Gasteiger partial charge in [-0.2, -0.15) is 0 Å². The van der Waals surface area contributed by atoms with Gasteiger partial charge in [-0.25, -0.2) is 0 Å². The zero-order valence-electron chi connectivity index (χ0n) is 19.4. The molecule has 2 N–H and O–H groups in total. The molecular weight excluding hydrogens is 460 g/mol. The van der Waals surface area contributed by atoms with Gasteiger partial charge in [0.1, 0.15) is 11.5 Å². The van der Waals surface area contributed by atoms with Crippen LogP contribution in [-0.2, 0) is 9.59 Å². The lowest BCUT2D eigenvalue weighted by Gasteiger charge is -2.25. The first kappa shape index (κ1) is 21.8. The molecule has 1 amide bonds. The van der Waals surface area contributed by atoms with Crippen molar-refractivity contribution >= 4 is 34.0 Å². The number of rotatable bonds is 5. The number of carbonyl (C=O) groups excluding carboxylic acids is 2. The second-order valence-electron chi connectivity index (χ2n) is 8.45. The van der Waals surface area contributed by atoms with Gasteiger partial charge in [-0.05, 0) is 49.4 Å². The number of carbonyl (C=O) groups is 2. The predicted octanol–water partition coefficient (Wildman–Crippen LogP) is 4.92. The number of fused-ring (bicyclic) bond motifs is 2. The normalized spacial score (nSPS) is 18.2. The van der Waals surface area contributed by atoms with Gasteiger partial charge in [0.15, 0.2) is 11.5 Å². The topological polar surface area (TPSA) is 101 Å². The molecule has 0 spiro atoms. The molecule has 0 bridgehead atoms. The van der Waals surface area contributed by atoms with Crippen molar-refractivity contribution in [2.24, 2.45) is 0 Å². The number of aliphatic hydroxyl groups excluding tert-OH is 1. The lowest BCUT2D eigenvalue weighted by molar-refractivity contribution is -0.132. The molecule has 0 saturated carbocycles. The van der Waals surface area contributed by atoms with Gasteiger partial charge in [0.25, 0.3) is 11.7 Å². The number of anilines is 1. The van der Waals surface area contributed by atoms with Crippen molar-refractivity contribution in [3.8, 4) is 17.2 Å². The number of para-hydroxylation sites is 1. The first-order valence-corrected chi connectivity index (χ1v) is 11.6. The van der Waals surface area contributed by atoms with Gasteiger partial charge < -0.3 is 24.3 Å². The molecule has 3 heterocycles. The number of nitrogens with one attached hydrogen (secondary N) is 1. The van der Waals surface area contributed by atoms with Crippen LogP contribution in [0.15, 0.2) is 78.5 Å². The van der Waals surface area contributed by atoms with E-state index in [1.165, 1.54) is 4.90 Å². The first-order chi connectivity index (χ1) is 17.6. The van der Waals surface area contributed by atoms with Crippen molar-refractivity contribution in [1.82, 2.24) is 4.98 Å². The number of ketones is 1. The quantitative estimate of drug-likeness (QED) is 0.238. The average Bonchev–Trinajstić information content (AvgIpc) is 3.60. The Morgan fingerprint density at radius 2 is 1.83 bits per heavy atom. The van der Waals surface area contributed by atoms with Crippen LogP contribution in [-0.4, -0.2) is 35.2 Å². The second-order valence-corrected chi connectivity index (χ2v) is 8.45. The molecule has 0 radical (unpaired) electrons. The number of hydrogen-bond donors (Lipinski definition) is 2. The highest BCUT2D eigenvalue weighted by Gasteiger charge is 2.48. The molecule has 8 heteroatoms. The zero-order chi connectivity index (χ0) is 24.8. The number of aromatic amines is 1. The van der Waals surface area contributed by atoms with Crippen LogP contribution < -0.4 is 19.1 Å². The van der Waals surface area contributed by atoms with Crippen LogP contribution in [0.5, 0.6) is 17.2 Å². The van der Waals surface area contributed by atoms with E-state index in [0.29, 0.717) is 40.7 Å². The highest BCUT2D eigenvalue weighted by atomic mass is 16.7. The van der Waals surface area contributed by atoms with Gasteiger partial charge in [-0.1, -0.05) is 18.2 Å². The van der Waals surface area contributed by atoms with E-state index >= 15 is 0 Å². The van der Waals surface area contributed by atoms with Crippen LogP contribution in [0, 0.1) is 0 Å². The Labute approximate surface area is 206 Å². The van der Waals surface area contributed by atoms with Crippen LogP contribution in [0.1, 0.15) is 24.1 Å². The molecule has 6 rings (SSSR count). The second kappa shape index (κ2) is 8.49. The minimum absolute atomic E-state index is 0.00609. The summed E-state index contributed by atoms with van der Waals surface area (Å²) in [7, 11) is 0. The Bertz CT molecular complexity index is 1540. The summed E-state index contributed by atoms with van der Waals surface area (Å²) in [5, 5.41) is 12.2. The maximum atomic E-state index is 13.5. The van der Waals surface area contributed by atoms with E-state index in [-0.39, 0.29) is 18.1 Å². The highest BCUT2D eigenvalue weighted by Crippen LogP contribution is 2.46. The molecule has 2 aliphatic rings. The monoisotopic (exact) mass is 482 g/mol. The van der Waals surface area contributed by atoms with Crippen molar-refractivity contribution in [1.29, 1.82) is 0 Å². The molecule has 2 aliphatic heterocycles. The molecule has 0 aliphatic carbocycles. The minimum Gasteiger partial charge on any atom is -0.507 e. The SMILES string of the molecule is CCOc1ccc(/C(O)=C2\C(=O)C(=O)N(c3ccc4c(c3)OCO4)C2c2c[nH]c3ccccc23)cc1. The molecule has 1 unspecified atom stereocenters. The lowest BCUT2D eigenvalue weighted by Crippen LogP contribution is -2.29. The molecule has 180 valence electrons. The fourth-order valence-corrected chi connectivity index (χ4v) is 4.78. The molecule has 1 saturated heterocycles. The number of ether oxygens (including phenoxy) is 3. The van der Waals surface area contributed by atoms with E-state index in [1.807, 2.05) is 31.2 Å². The summed E-state index contributed by atoms with van der Waals surface area (Å²) in [4.78, 5) is 31.5. The van der Waals surface area contributed by atoms with Crippen LogP contribution in [0.25, 0.3) is 16.7 Å². The number of amides is 1. The van der Waals surface area contributed by atoms with Crippen LogP contribution in [0.3, 0.4) is 0 Å². The van der Waals surface area contributed by atoms with E-state index in [1.54, 1.807) is 48.7 Å². The lowest BCUT2D eigenvalue weighted by atomic mass is 9.94. The van der Waals surface area contributed by atoms with E-state index in [2.05, 4.69) is 4.98 Å². The Morgan fingerprint density at radius 3 is 2.64 bits per heavy atom. The molecule has 3 aromatic carbocycles. The maximum Gasteiger partial charge on any atom is 0.300 e. The zero-order valence-corrected chi connectivity index (χ0v) is 19.4. The molecule has 4 aromatic rings. The van der Waals surface area contributed by atoms with Crippen molar-refractivity contribution in [2.45, 2.75) is 13.0 Å². The molecule has 1 aromatic heterocycles. The van der Waals surface area contributed by atoms with Gasteiger partial charge >= 0.3 is 0 Å². The average molecular weight is 482 g/mol. The summed E-state index contributed by atoms with van der Waals surface area (Å²) in [6, 6.07) is 18.6. The Kier molecular flexibility index (Phi) is 5.14. The maximum absolute atomic E-state index is 13.5. The van der Waals surface area contributed by atoms with Gasteiger partial charge in [0.2, 0.25) is 6.79 Å². The number of aromatic nitrogens is 1. The third kappa shape index (κ3) is 3.38. The smallest absolute Gasteiger partial charge is 0.300 e. The number of Topliss-reactive ketones (excluding diaryl/α,β-unsaturated/α-hetero) is 1.